The molecule has 0 aliphatic heterocycles. The number of benzene rings is 2. The van der Waals surface area contributed by atoms with Crippen molar-refractivity contribution in [1.82, 2.24) is 4.31 Å². The van der Waals surface area contributed by atoms with E-state index in [1.807, 2.05) is 6.07 Å². The van der Waals surface area contributed by atoms with E-state index in [0.717, 1.165) is 0 Å². The normalized spacial score (nSPS) is 11.2. The maximum Gasteiger partial charge on any atom is 0.247 e. The van der Waals surface area contributed by atoms with Gasteiger partial charge in [0.15, 0.2) is 5.75 Å². The van der Waals surface area contributed by atoms with E-state index < -0.39 is 10.0 Å². The van der Waals surface area contributed by atoms with Crippen LogP contribution < -0.4 is 4.74 Å². The van der Waals surface area contributed by atoms with Gasteiger partial charge in [-0.1, -0.05) is 29.8 Å². The number of nitrogens with zero attached hydrogens (tertiary/aromatic N) is 2. The average molecular weight is 456 g/mol. The summed E-state index contributed by atoms with van der Waals surface area (Å²) in [4.78, 5) is -0.0438. The van der Waals surface area contributed by atoms with Crippen LogP contribution in [-0.2, 0) is 16.6 Å². The second-order valence-electron chi connectivity index (χ2n) is 5.32. The zero-order chi connectivity index (χ0) is 19.3. The topological polar surface area (TPSA) is 70.4 Å². The van der Waals surface area contributed by atoms with Gasteiger partial charge >= 0.3 is 0 Å². The molecule has 0 radical (unpaired) electrons. The van der Waals surface area contributed by atoms with Crippen LogP contribution in [0.25, 0.3) is 0 Å². The molecule has 0 N–H and O–H groups in total. The Balaban J connectivity index is 2.52. The van der Waals surface area contributed by atoms with Crippen molar-refractivity contribution < 1.29 is 13.2 Å². The van der Waals surface area contributed by atoms with Crippen molar-refractivity contribution in [3.8, 4) is 11.8 Å². The Morgan fingerprint density at radius 1 is 1.38 bits per heavy atom. The minimum absolute atomic E-state index is 0.0438. The molecule has 2 aromatic rings. The lowest BCUT2D eigenvalue weighted by Gasteiger charge is -2.22. The van der Waals surface area contributed by atoms with E-state index >= 15 is 0 Å². The van der Waals surface area contributed by atoms with Crippen LogP contribution in [0, 0.1) is 11.3 Å². The van der Waals surface area contributed by atoms with Crippen molar-refractivity contribution in [2.45, 2.75) is 11.4 Å². The van der Waals surface area contributed by atoms with Crippen molar-refractivity contribution in [2.75, 3.05) is 13.7 Å². The fourth-order valence-corrected chi connectivity index (χ4v) is 5.17. The Labute approximate surface area is 166 Å². The maximum atomic E-state index is 13.2. The number of sulfonamides is 1. The van der Waals surface area contributed by atoms with Gasteiger partial charge in [0.25, 0.3) is 0 Å². The third-order valence-corrected chi connectivity index (χ3v) is 6.17. The molecule has 0 fully saturated rings. The molecule has 8 heteroatoms. The molecule has 0 saturated heterocycles. The molecule has 0 aliphatic carbocycles. The molecule has 0 saturated carbocycles. The van der Waals surface area contributed by atoms with Gasteiger partial charge in [-0.15, -0.1) is 6.58 Å². The summed E-state index contributed by atoms with van der Waals surface area (Å²) in [5.41, 5.74) is 1.15. The van der Waals surface area contributed by atoms with Crippen LogP contribution >= 0.6 is 27.5 Å². The first kappa shape index (κ1) is 20.5. The molecule has 0 amide bonds. The second kappa shape index (κ2) is 8.69. The third kappa shape index (κ3) is 4.46. The molecule has 0 unspecified atom stereocenters. The van der Waals surface area contributed by atoms with Crippen LogP contribution in [0.5, 0.6) is 5.75 Å². The van der Waals surface area contributed by atoms with Crippen LogP contribution in [0.4, 0.5) is 0 Å². The standard InChI is InChI=1S/C18H16BrClN2O3S/c1-3-7-22(12-14-6-4-5-13(8-14)11-21)26(23,24)17-10-15(20)9-16(19)18(17)25-2/h3-6,8-10H,1,7,12H2,2H3. The van der Waals surface area contributed by atoms with Gasteiger partial charge in [0.1, 0.15) is 4.90 Å². The average Bonchev–Trinajstić information content (AvgIpc) is 2.61. The summed E-state index contributed by atoms with van der Waals surface area (Å²) in [5, 5.41) is 9.30. The zero-order valence-electron chi connectivity index (χ0n) is 13.9. The van der Waals surface area contributed by atoms with E-state index in [4.69, 9.17) is 21.6 Å². The molecule has 136 valence electrons. The third-order valence-electron chi connectivity index (χ3n) is 3.54. The van der Waals surface area contributed by atoms with E-state index in [-0.39, 0.29) is 28.8 Å². The Bertz CT molecular complexity index is 971. The fourth-order valence-electron chi connectivity index (χ4n) is 2.40. The van der Waals surface area contributed by atoms with Gasteiger partial charge in [-0.3, -0.25) is 0 Å². The molecule has 0 aromatic heterocycles. The smallest absolute Gasteiger partial charge is 0.247 e. The molecule has 0 aliphatic rings. The number of nitriles is 1. The van der Waals surface area contributed by atoms with Crippen LogP contribution in [0.15, 0.2) is 58.4 Å². The molecular formula is C18H16BrClN2O3S. The fraction of sp³-hybridized carbons (Fsp3) is 0.167. The summed E-state index contributed by atoms with van der Waals surface area (Å²) in [6, 6.07) is 11.7. The minimum atomic E-state index is -3.93. The van der Waals surface area contributed by atoms with Gasteiger partial charge in [0.2, 0.25) is 10.0 Å². The molecule has 0 heterocycles. The van der Waals surface area contributed by atoms with Crippen LogP contribution in [0.2, 0.25) is 5.02 Å². The SMILES string of the molecule is C=CCN(Cc1cccc(C#N)c1)S(=O)(=O)c1cc(Cl)cc(Br)c1OC. The lowest BCUT2D eigenvalue weighted by molar-refractivity contribution is 0.392. The summed E-state index contributed by atoms with van der Waals surface area (Å²) >= 11 is 9.32. The predicted molar refractivity (Wildman–Crippen MR) is 105 cm³/mol. The van der Waals surface area contributed by atoms with Crippen LogP contribution in [0.1, 0.15) is 11.1 Å². The van der Waals surface area contributed by atoms with Crippen LogP contribution in [0.3, 0.4) is 0 Å². The summed E-state index contributed by atoms with van der Waals surface area (Å²) < 4.78 is 33.4. The molecule has 0 spiro atoms. The quantitative estimate of drug-likeness (QED) is 0.582. The zero-order valence-corrected chi connectivity index (χ0v) is 17.1. The van der Waals surface area contributed by atoms with Crippen molar-refractivity contribution in [2.24, 2.45) is 0 Å². The van der Waals surface area contributed by atoms with Gasteiger partial charge in [0.05, 0.1) is 23.2 Å². The lowest BCUT2D eigenvalue weighted by atomic mass is 10.1. The molecular weight excluding hydrogens is 440 g/mol. The van der Waals surface area contributed by atoms with Gasteiger partial charge in [-0.25, -0.2) is 8.42 Å². The second-order valence-corrected chi connectivity index (χ2v) is 8.51. The first-order valence-electron chi connectivity index (χ1n) is 7.46. The van der Waals surface area contributed by atoms with Gasteiger partial charge in [-0.05, 0) is 45.8 Å². The van der Waals surface area contributed by atoms with E-state index in [2.05, 4.69) is 22.5 Å². The van der Waals surface area contributed by atoms with Crippen LogP contribution in [-0.4, -0.2) is 26.4 Å². The first-order valence-corrected chi connectivity index (χ1v) is 10.1. The number of methoxy groups -OCH3 is 1. The molecule has 26 heavy (non-hydrogen) atoms. The Morgan fingerprint density at radius 2 is 2.12 bits per heavy atom. The van der Waals surface area contributed by atoms with Crippen molar-refractivity contribution in [3.63, 3.8) is 0 Å². The Kier molecular flexibility index (Phi) is 6.84. The summed E-state index contributed by atoms with van der Waals surface area (Å²) in [5.74, 6) is 0.175. The summed E-state index contributed by atoms with van der Waals surface area (Å²) in [7, 11) is -2.54. The molecule has 2 aromatic carbocycles. The number of rotatable bonds is 7. The highest BCUT2D eigenvalue weighted by molar-refractivity contribution is 9.10. The molecule has 0 bridgehead atoms. The number of ether oxygens (including phenoxy) is 1. The monoisotopic (exact) mass is 454 g/mol. The lowest BCUT2D eigenvalue weighted by Crippen LogP contribution is -2.31. The highest BCUT2D eigenvalue weighted by Crippen LogP contribution is 2.37. The minimum Gasteiger partial charge on any atom is -0.494 e. The first-order chi connectivity index (χ1) is 12.3. The van der Waals surface area contributed by atoms with Crippen molar-refractivity contribution in [3.05, 3.63) is 69.7 Å². The van der Waals surface area contributed by atoms with E-state index in [1.54, 1.807) is 30.3 Å². The summed E-state index contributed by atoms with van der Waals surface area (Å²) in [6.07, 6.45) is 1.50. The number of halogens is 2. The van der Waals surface area contributed by atoms with Gasteiger partial charge in [-0.2, -0.15) is 9.57 Å². The van der Waals surface area contributed by atoms with Crippen molar-refractivity contribution >= 4 is 37.6 Å². The highest BCUT2D eigenvalue weighted by Gasteiger charge is 2.29. The Morgan fingerprint density at radius 3 is 2.73 bits per heavy atom. The molecule has 0 atom stereocenters. The van der Waals surface area contributed by atoms with E-state index in [0.29, 0.717) is 15.6 Å². The van der Waals surface area contributed by atoms with E-state index in [9.17, 15) is 8.42 Å². The van der Waals surface area contributed by atoms with Gasteiger partial charge < -0.3 is 4.74 Å². The van der Waals surface area contributed by atoms with E-state index in [1.165, 1.54) is 23.6 Å². The number of hydrogen-bond acceptors (Lipinski definition) is 4. The van der Waals surface area contributed by atoms with Gasteiger partial charge in [0, 0.05) is 18.1 Å². The molecule has 2 rings (SSSR count). The number of hydrogen-bond donors (Lipinski definition) is 0. The molecule has 5 nitrogen and oxygen atoms in total. The predicted octanol–water partition coefficient (Wildman–Crippen LogP) is 4.36. The highest BCUT2D eigenvalue weighted by atomic mass is 79.9. The maximum absolute atomic E-state index is 13.2. The van der Waals surface area contributed by atoms with Crippen molar-refractivity contribution in [1.29, 1.82) is 5.26 Å². The largest absolute Gasteiger partial charge is 0.494 e. The summed E-state index contributed by atoms with van der Waals surface area (Å²) in [6.45, 7) is 3.81. The Hall–Kier alpha value is -1.85.